The van der Waals surface area contributed by atoms with Crippen LogP contribution in [0.2, 0.25) is 0 Å². The van der Waals surface area contributed by atoms with Gasteiger partial charge >= 0.3 is 0 Å². The molecule has 0 aliphatic carbocycles. The molecule has 72 valence electrons. The number of anilines is 1. The van der Waals surface area contributed by atoms with Gasteiger partial charge < -0.3 is 5.32 Å². The van der Waals surface area contributed by atoms with Crippen molar-refractivity contribution in [1.29, 1.82) is 0 Å². The van der Waals surface area contributed by atoms with Gasteiger partial charge in [0.15, 0.2) is 0 Å². The van der Waals surface area contributed by atoms with Gasteiger partial charge in [-0.25, -0.2) is 4.98 Å². The summed E-state index contributed by atoms with van der Waals surface area (Å²) in [5, 5.41) is 3.71. The lowest BCUT2D eigenvalue weighted by Gasteiger charge is -2.08. The molecule has 0 saturated heterocycles. The van der Waals surface area contributed by atoms with Gasteiger partial charge in [-0.2, -0.15) is 0 Å². The fourth-order valence-electron chi connectivity index (χ4n) is 0.937. The maximum Gasteiger partial charge on any atom is 0.126 e. The van der Waals surface area contributed by atoms with E-state index in [1.807, 2.05) is 25.0 Å². The Morgan fingerprint density at radius 2 is 2.38 bits per heavy atom. The number of hydrogen-bond acceptors (Lipinski definition) is 3. The summed E-state index contributed by atoms with van der Waals surface area (Å²) in [4.78, 5) is 5.45. The summed E-state index contributed by atoms with van der Waals surface area (Å²) in [7, 11) is 1.89. The molecule has 3 heteroatoms. The van der Waals surface area contributed by atoms with E-state index in [-0.39, 0.29) is 0 Å². The van der Waals surface area contributed by atoms with Crippen LogP contribution in [-0.4, -0.2) is 17.3 Å². The molecule has 1 aromatic rings. The molecular weight excluding hydrogens is 180 g/mol. The normalized spacial score (nSPS) is 12.5. The Balaban J connectivity index is 2.66. The molecule has 1 N–H and O–H groups in total. The molecule has 0 aromatic carbocycles. The monoisotopic (exact) mass is 196 g/mol. The number of aromatic nitrogens is 1. The van der Waals surface area contributed by atoms with Crippen molar-refractivity contribution in [2.45, 2.75) is 30.4 Å². The van der Waals surface area contributed by atoms with Gasteiger partial charge in [0.05, 0.1) is 0 Å². The molecule has 0 fully saturated rings. The van der Waals surface area contributed by atoms with Gasteiger partial charge in [0.25, 0.3) is 0 Å². The first kappa shape index (κ1) is 10.4. The van der Waals surface area contributed by atoms with Crippen molar-refractivity contribution in [2.24, 2.45) is 0 Å². The van der Waals surface area contributed by atoms with Gasteiger partial charge in [-0.15, -0.1) is 11.8 Å². The zero-order chi connectivity index (χ0) is 9.68. The molecule has 0 bridgehead atoms. The zero-order valence-electron chi connectivity index (χ0n) is 8.37. The van der Waals surface area contributed by atoms with Crippen LogP contribution in [-0.2, 0) is 0 Å². The predicted molar refractivity (Wildman–Crippen MR) is 59.4 cm³/mol. The minimum Gasteiger partial charge on any atom is -0.373 e. The molecule has 2 nitrogen and oxygen atoms in total. The smallest absolute Gasteiger partial charge is 0.126 e. The molecule has 0 aliphatic heterocycles. The lowest BCUT2D eigenvalue weighted by molar-refractivity contribution is 0.905. The van der Waals surface area contributed by atoms with Crippen LogP contribution in [0.15, 0.2) is 23.2 Å². The molecule has 0 amide bonds. The number of nitrogens with zero attached hydrogens (tertiary/aromatic N) is 1. The van der Waals surface area contributed by atoms with E-state index in [0.717, 1.165) is 5.82 Å². The van der Waals surface area contributed by atoms with Crippen LogP contribution in [0.1, 0.15) is 20.3 Å². The third kappa shape index (κ3) is 3.27. The predicted octanol–water partition coefficient (Wildman–Crippen LogP) is 3.01. The van der Waals surface area contributed by atoms with E-state index in [1.165, 1.54) is 11.3 Å². The highest BCUT2D eigenvalue weighted by Gasteiger charge is 2.01. The van der Waals surface area contributed by atoms with Crippen LogP contribution in [0.25, 0.3) is 0 Å². The number of rotatable bonds is 4. The molecule has 1 aromatic heterocycles. The lowest BCUT2D eigenvalue weighted by atomic mass is 10.4. The molecule has 13 heavy (non-hydrogen) atoms. The van der Waals surface area contributed by atoms with E-state index in [2.05, 4.69) is 36.3 Å². The standard InChI is InChI=1S/C10H16N2S/c1-4-8(2)13-9-5-6-12-10(7-9)11-3/h5-8H,4H2,1-3H3,(H,11,12). The van der Waals surface area contributed by atoms with Crippen LogP contribution in [0.5, 0.6) is 0 Å². The average Bonchev–Trinajstić information content (AvgIpc) is 2.18. The SMILES string of the molecule is CCC(C)Sc1ccnc(NC)c1. The first-order chi connectivity index (χ1) is 6.26. The summed E-state index contributed by atoms with van der Waals surface area (Å²) >= 11 is 1.89. The van der Waals surface area contributed by atoms with Crippen molar-refractivity contribution in [2.75, 3.05) is 12.4 Å². The zero-order valence-corrected chi connectivity index (χ0v) is 9.19. The van der Waals surface area contributed by atoms with E-state index in [0.29, 0.717) is 5.25 Å². The largest absolute Gasteiger partial charge is 0.373 e. The molecule has 1 rings (SSSR count). The first-order valence-electron chi connectivity index (χ1n) is 4.56. The Bertz CT molecular complexity index is 263. The van der Waals surface area contributed by atoms with E-state index < -0.39 is 0 Å². The van der Waals surface area contributed by atoms with Crippen molar-refractivity contribution in [3.05, 3.63) is 18.3 Å². The minimum absolute atomic E-state index is 0.673. The fraction of sp³-hybridized carbons (Fsp3) is 0.500. The summed E-state index contributed by atoms with van der Waals surface area (Å²) in [6.07, 6.45) is 3.04. The third-order valence-corrected chi connectivity index (χ3v) is 3.16. The van der Waals surface area contributed by atoms with Gasteiger partial charge in [-0.05, 0) is 18.6 Å². The topological polar surface area (TPSA) is 24.9 Å². The summed E-state index contributed by atoms with van der Waals surface area (Å²) in [6, 6.07) is 4.13. The van der Waals surface area contributed by atoms with Gasteiger partial charge in [0.1, 0.15) is 5.82 Å². The molecule has 0 aliphatic rings. The van der Waals surface area contributed by atoms with Crippen LogP contribution < -0.4 is 5.32 Å². The Kier molecular flexibility index (Phi) is 4.09. The summed E-state index contributed by atoms with van der Waals surface area (Å²) in [6.45, 7) is 4.45. The second-order valence-corrected chi connectivity index (χ2v) is 4.48. The number of hydrogen-bond donors (Lipinski definition) is 1. The van der Waals surface area contributed by atoms with Crippen molar-refractivity contribution in [3.63, 3.8) is 0 Å². The third-order valence-electron chi connectivity index (χ3n) is 1.90. The number of nitrogens with one attached hydrogen (secondary N) is 1. The minimum atomic E-state index is 0.673. The number of thioether (sulfide) groups is 1. The fourth-order valence-corrected chi connectivity index (χ4v) is 1.89. The second-order valence-electron chi connectivity index (χ2n) is 2.96. The molecule has 0 saturated carbocycles. The highest BCUT2D eigenvalue weighted by atomic mass is 32.2. The summed E-state index contributed by atoms with van der Waals surface area (Å²) < 4.78 is 0. The van der Waals surface area contributed by atoms with Crippen LogP contribution in [0.3, 0.4) is 0 Å². The van der Waals surface area contributed by atoms with Crippen molar-refractivity contribution in [3.8, 4) is 0 Å². The van der Waals surface area contributed by atoms with Gasteiger partial charge in [-0.1, -0.05) is 13.8 Å². The highest BCUT2D eigenvalue weighted by Crippen LogP contribution is 2.25. The van der Waals surface area contributed by atoms with E-state index in [4.69, 9.17) is 0 Å². The molecule has 0 spiro atoms. The van der Waals surface area contributed by atoms with Gasteiger partial charge in [0.2, 0.25) is 0 Å². The van der Waals surface area contributed by atoms with Crippen molar-refractivity contribution in [1.82, 2.24) is 4.98 Å². The van der Waals surface area contributed by atoms with Crippen molar-refractivity contribution >= 4 is 17.6 Å². The van der Waals surface area contributed by atoms with E-state index in [1.54, 1.807) is 0 Å². The Morgan fingerprint density at radius 1 is 1.62 bits per heavy atom. The van der Waals surface area contributed by atoms with E-state index >= 15 is 0 Å². The Labute approximate surface area is 84.1 Å². The number of pyridine rings is 1. The van der Waals surface area contributed by atoms with Crippen LogP contribution in [0, 0.1) is 0 Å². The maximum atomic E-state index is 4.17. The van der Waals surface area contributed by atoms with E-state index in [9.17, 15) is 0 Å². The maximum absolute atomic E-state index is 4.17. The highest BCUT2D eigenvalue weighted by molar-refractivity contribution is 7.99. The second kappa shape index (κ2) is 5.12. The average molecular weight is 196 g/mol. The molecule has 1 atom stereocenters. The Hall–Kier alpha value is -0.700. The lowest BCUT2D eigenvalue weighted by Crippen LogP contribution is -1.94. The van der Waals surface area contributed by atoms with Crippen LogP contribution in [0.4, 0.5) is 5.82 Å². The van der Waals surface area contributed by atoms with Crippen LogP contribution >= 0.6 is 11.8 Å². The molecule has 1 unspecified atom stereocenters. The summed E-state index contributed by atoms with van der Waals surface area (Å²) in [5.74, 6) is 0.938. The Morgan fingerprint density at radius 3 is 3.00 bits per heavy atom. The molecule has 1 heterocycles. The van der Waals surface area contributed by atoms with Gasteiger partial charge in [-0.3, -0.25) is 0 Å². The molecular formula is C10H16N2S. The van der Waals surface area contributed by atoms with Gasteiger partial charge in [0, 0.05) is 23.4 Å². The molecule has 0 radical (unpaired) electrons. The first-order valence-corrected chi connectivity index (χ1v) is 5.44. The quantitative estimate of drug-likeness (QED) is 0.749. The summed E-state index contributed by atoms with van der Waals surface area (Å²) in [5.41, 5.74) is 0. The van der Waals surface area contributed by atoms with Crippen molar-refractivity contribution < 1.29 is 0 Å².